The normalized spacial score (nSPS) is 13.6. The maximum Gasteiger partial charge on any atom is 0.174 e. The van der Waals surface area contributed by atoms with Crippen molar-refractivity contribution in [1.82, 2.24) is 19.9 Å². The zero-order chi connectivity index (χ0) is 20.3. The zero-order valence-corrected chi connectivity index (χ0v) is 16.8. The number of hydrogen-bond donors (Lipinski definition) is 2. The van der Waals surface area contributed by atoms with Gasteiger partial charge >= 0.3 is 0 Å². The van der Waals surface area contributed by atoms with Crippen molar-refractivity contribution in [2.24, 2.45) is 0 Å². The Hall–Kier alpha value is -3.74. The van der Waals surface area contributed by atoms with Crippen molar-refractivity contribution in [3.8, 4) is 0 Å². The van der Waals surface area contributed by atoms with E-state index in [1.54, 1.807) is 6.33 Å². The molecule has 7 nitrogen and oxygen atoms in total. The number of nitrogens with one attached hydrogen (secondary N) is 2. The molecule has 0 saturated carbocycles. The van der Waals surface area contributed by atoms with Crippen molar-refractivity contribution < 1.29 is 0 Å². The zero-order valence-electron chi connectivity index (χ0n) is 16.8. The first kappa shape index (κ1) is 18.3. The smallest absolute Gasteiger partial charge is 0.174 e. The SMILES string of the molecule is Cc1cc(Nc2ccc(Nc3nc4ccccc4nc3N3CCCC3)cc2)ncn1. The molecule has 0 aliphatic carbocycles. The molecule has 0 amide bonds. The summed E-state index contributed by atoms with van der Waals surface area (Å²) in [6, 6.07) is 18.0. The minimum Gasteiger partial charge on any atom is -0.354 e. The van der Waals surface area contributed by atoms with Crippen LogP contribution in [0.3, 0.4) is 0 Å². The number of hydrogen-bond acceptors (Lipinski definition) is 7. The Morgan fingerprint density at radius 1 is 0.800 bits per heavy atom. The van der Waals surface area contributed by atoms with E-state index in [1.165, 1.54) is 12.8 Å². The number of anilines is 5. The molecule has 0 spiro atoms. The van der Waals surface area contributed by atoms with Crippen LogP contribution in [0.25, 0.3) is 11.0 Å². The van der Waals surface area contributed by atoms with Gasteiger partial charge in [-0.25, -0.2) is 19.9 Å². The van der Waals surface area contributed by atoms with Gasteiger partial charge in [0.2, 0.25) is 0 Å². The Labute approximate surface area is 175 Å². The summed E-state index contributed by atoms with van der Waals surface area (Å²) in [6.07, 6.45) is 3.94. The molecule has 0 unspecified atom stereocenters. The number of fused-ring (bicyclic) bond motifs is 1. The van der Waals surface area contributed by atoms with E-state index >= 15 is 0 Å². The van der Waals surface area contributed by atoms with Gasteiger partial charge in [0.05, 0.1) is 11.0 Å². The standard InChI is InChI=1S/C23H23N7/c1-16-14-21(25-15-24-16)26-17-8-10-18(11-9-17)27-22-23(30-12-4-5-13-30)29-20-7-3-2-6-19(20)28-22/h2-3,6-11,14-15H,4-5,12-13H2,1H3,(H,27,28)(H,24,25,26). The molecule has 3 heterocycles. The number of benzene rings is 2. The number of para-hydroxylation sites is 2. The maximum atomic E-state index is 4.91. The van der Waals surface area contributed by atoms with Gasteiger partial charge in [-0.3, -0.25) is 0 Å². The number of rotatable bonds is 5. The number of aromatic nitrogens is 4. The third-order valence-corrected chi connectivity index (χ3v) is 5.18. The summed E-state index contributed by atoms with van der Waals surface area (Å²) in [5, 5.41) is 6.77. The molecule has 1 aliphatic rings. The van der Waals surface area contributed by atoms with Crippen molar-refractivity contribution in [3.05, 3.63) is 66.6 Å². The minimum atomic E-state index is 0.778. The van der Waals surface area contributed by atoms with Crippen LogP contribution in [0, 0.1) is 6.92 Å². The monoisotopic (exact) mass is 397 g/mol. The predicted molar refractivity (Wildman–Crippen MR) is 121 cm³/mol. The lowest BCUT2D eigenvalue weighted by atomic mass is 10.2. The fourth-order valence-corrected chi connectivity index (χ4v) is 3.67. The van der Waals surface area contributed by atoms with Crippen LogP contribution in [0.1, 0.15) is 18.5 Å². The van der Waals surface area contributed by atoms with Crippen LogP contribution in [-0.4, -0.2) is 33.0 Å². The van der Waals surface area contributed by atoms with Crippen LogP contribution in [0.4, 0.5) is 28.8 Å². The highest BCUT2D eigenvalue weighted by Crippen LogP contribution is 2.30. The van der Waals surface area contributed by atoms with Crippen LogP contribution in [0.5, 0.6) is 0 Å². The van der Waals surface area contributed by atoms with Crippen molar-refractivity contribution >= 4 is 39.9 Å². The number of nitrogens with zero attached hydrogens (tertiary/aromatic N) is 5. The number of aryl methyl sites for hydroxylation is 1. The van der Waals surface area contributed by atoms with Crippen molar-refractivity contribution in [1.29, 1.82) is 0 Å². The van der Waals surface area contributed by atoms with Crippen molar-refractivity contribution in [3.63, 3.8) is 0 Å². The molecule has 0 atom stereocenters. The molecule has 2 aromatic carbocycles. The Bertz CT molecular complexity index is 1170. The van der Waals surface area contributed by atoms with Crippen LogP contribution >= 0.6 is 0 Å². The Morgan fingerprint density at radius 2 is 1.47 bits per heavy atom. The Balaban J connectivity index is 1.41. The van der Waals surface area contributed by atoms with Crippen molar-refractivity contribution in [2.45, 2.75) is 19.8 Å². The Morgan fingerprint density at radius 3 is 2.17 bits per heavy atom. The molecule has 0 bridgehead atoms. The van der Waals surface area contributed by atoms with Gasteiger partial charge in [0.1, 0.15) is 12.1 Å². The highest BCUT2D eigenvalue weighted by atomic mass is 15.2. The second-order valence-electron chi connectivity index (χ2n) is 7.45. The average Bonchev–Trinajstić information content (AvgIpc) is 3.29. The molecule has 2 aromatic heterocycles. The Kier molecular flexibility index (Phi) is 4.85. The highest BCUT2D eigenvalue weighted by molar-refractivity contribution is 5.82. The molecular weight excluding hydrogens is 374 g/mol. The molecule has 1 fully saturated rings. The van der Waals surface area contributed by atoms with Crippen LogP contribution in [0.15, 0.2) is 60.9 Å². The summed E-state index contributed by atoms with van der Waals surface area (Å²) in [6.45, 7) is 3.98. The molecule has 30 heavy (non-hydrogen) atoms. The van der Waals surface area contributed by atoms with E-state index < -0.39 is 0 Å². The fraction of sp³-hybridized carbons (Fsp3) is 0.217. The molecule has 150 valence electrons. The summed E-state index contributed by atoms with van der Waals surface area (Å²) in [4.78, 5) is 20.5. The molecule has 2 N–H and O–H groups in total. The van der Waals surface area contributed by atoms with E-state index in [0.29, 0.717) is 0 Å². The molecule has 0 radical (unpaired) electrons. The summed E-state index contributed by atoms with van der Waals surface area (Å²) < 4.78 is 0. The third-order valence-electron chi connectivity index (χ3n) is 5.18. The van der Waals surface area contributed by atoms with E-state index in [1.807, 2.05) is 61.5 Å². The summed E-state index contributed by atoms with van der Waals surface area (Å²) in [5.74, 6) is 2.49. The minimum absolute atomic E-state index is 0.778. The molecule has 7 heteroatoms. The molecule has 1 aliphatic heterocycles. The van der Waals surface area contributed by atoms with Gasteiger partial charge in [-0.15, -0.1) is 0 Å². The molecule has 5 rings (SSSR count). The molecule has 1 saturated heterocycles. The quantitative estimate of drug-likeness (QED) is 0.500. The van der Waals surface area contributed by atoms with Gasteiger partial charge in [0.25, 0.3) is 0 Å². The first-order chi connectivity index (χ1) is 14.7. The van der Waals surface area contributed by atoms with Crippen LogP contribution in [-0.2, 0) is 0 Å². The van der Waals surface area contributed by atoms with Crippen molar-refractivity contribution in [2.75, 3.05) is 28.6 Å². The topological polar surface area (TPSA) is 78.9 Å². The van der Waals surface area contributed by atoms with Crippen LogP contribution < -0.4 is 15.5 Å². The third kappa shape index (κ3) is 3.87. The molecule has 4 aromatic rings. The fourth-order valence-electron chi connectivity index (χ4n) is 3.67. The van der Waals surface area contributed by atoms with Crippen LogP contribution in [0.2, 0.25) is 0 Å². The highest BCUT2D eigenvalue weighted by Gasteiger charge is 2.19. The lowest BCUT2D eigenvalue weighted by Gasteiger charge is -2.20. The van der Waals surface area contributed by atoms with Gasteiger partial charge in [0, 0.05) is 36.2 Å². The van der Waals surface area contributed by atoms with E-state index in [0.717, 1.165) is 58.6 Å². The second kappa shape index (κ2) is 7.94. The van der Waals surface area contributed by atoms with E-state index in [-0.39, 0.29) is 0 Å². The summed E-state index contributed by atoms with van der Waals surface area (Å²) in [7, 11) is 0. The predicted octanol–water partition coefficient (Wildman–Crippen LogP) is 4.82. The first-order valence-corrected chi connectivity index (χ1v) is 10.2. The van der Waals surface area contributed by atoms with Gasteiger partial charge in [0.15, 0.2) is 11.6 Å². The first-order valence-electron chi connectivity index (χ1n) is 10.2. The van der Waals surface area contributed by atoms with Gasteiger partial charge in [-0.05, 0) is 56.2 Å². The molecular formula is C23H23N7. The van der Waals surface area contributed by atoms with E-state index in [4.69, 9.17) is 9.97 Å². The lowest BCUT2D eigenvalue weighted by molar-refractivity contribution is 0.939. The van der Waals surface area contributed by atoms with E-state index in [9.17, 15) is 0 Å². The van der Waals surface area contributed by atoms with E-state index in [2.05, 4.69) is 25.5 Å². The van der Waals surface area contributed by atoms with Gasteiger partial charge < -0.3 is 15.5 Å². The van der Waals surface area contributed by atoms with Gasteiger partial charge in [-0.2, -0.15) is 0 Å². The van der Waals surface area contributed by atoms with Gasteiger partial charge in [-0.1, -0.05) is 12.1 Å². The second-order valence-corrected chi connectivity index (χ2v) is 7.45. The average molecular weight is 397 g/mol. The summed E-state index contributed by atoms with van der Waals surface area (Å²) >= 11 is 0. The largest absolute Gasteiger partial charge is 0.354 e. The lowest BCUT2D eigenvalue weighted by Crippen LogP contribution is -2.21. The maximum absolute atomic E-state index is 4.91. The summed E-state index contributed by atoms with van der Waals surface area (Å²) in [5.41, 5.74) is 4.66.